The SMILES string of the molecule is C=CCOC(=O)N[C@@H](CC1CCNCC1)C(=O)O. The summed E-state index contributed by atoms with van der Waals surface area (Å²) in [7, 11) is 0. The second kappa shape index (κ2) is 7.71. The summed E-state index contributed by atoms with van der Waals surface area (Å²) < 4.78 is 4.72. The van der Waals surface area contributed by atoms with Gasteiger partial charge in [-0.05, 0) is 38.3 Å². The first-order valence-corrected chi connectivity index (χ1v) is 6.11. The van der Waals surface area contributed by atoms with E-state index >= 15 is 0 Å². The average molecular weight is 256 g/mol. The van der Waals surface area contributed by atoms with Gasteiger partial charge in [-0.3, -0.25) is 0 Å². The quantitative estimate of drug-likeness (QED) is 0.610. The molecule has 0 unspecified atom stereocenters. The second-order valence-electron chi connectivity index (χ2n) is 4.35. The fraction of sp³-hybridized carbons (Fsp3) is 0.667. The van der Waals surface area contributed by atoms with E-state index in [-0.39, 0.29) is 6.61 Å². The van der Waals surface area contributed by atoms with Gasteiger partial charge in [0.1, 0.15) is 12.6 Å². The first-order valence-electron chi connectivity index (χ1n) is 6.11. The maximum atomic E-state index is 11.3. The molecular weight excluding hydrogens is 236 g/mol. The van der Waals surface area contributed by atoms with Gasteiger partial charge >= 0.3 is 12.1 Å². The number of nitrogens with one attached hydrogen (secondary N) is 2. The molecule has 18 heavy (non-hydrogen) atoms. The number of alkyl carbamates (subject to hydrolysis) is 1. The Bertz CT molecular complexity index is 300. The normalized spacial score (nSPS) is 17.8. The summed E-state index contributed by atoms with van der Waals surface area (Å²) in [6.07, 6.45) is 3.04. The molecule has 0 aliphatic carbocycles. The number of carbonyl (C=O) groups excluding carboxylic acids is 1. The standard InChI is InChI=1S/C12H20N2O4/c1-2-7-18-12(17)14-10(11(15)16)8-9-3-5-13-6-4-9/h2,9-10,13H,1,3-8H2,(H,14,17)(H,15,16)/t10-/m0/s1. The van der Waals surface area contributed by atoms with Crippen molar-refractivity contribution in [3.05, 3.63) is 12.7 Å². The lowest BCUT2D eigenvalue weighted by Crippen LogP contribution is -2.43. The maximum Gasteiger partial charge on any atom is 0.408 e. The molecule has 0 bridgehead atoms. The van der Waals surface area contributed by atoms with Crippen molar-refractivity contribution in [2.75, 3.05) is 19.7 Å². The Hall–Kier alpha value is -1.56. The summed E-state index contributed by atoms with van der Waals surface area (Å²) in [4.78, 5) is 22.4. The van der Waals surface area contributed by atoms with Gasteiger partial charge in [-0.15, -0.1) is 0 Å². The van der Waals surface area contributed by atoms with E-state index in [0.717, 1.165) is 25.9 Å². The molecule has 1 atom stereocenters. The van der Waals surface area contributed by atoms with Crippen molar-refractivity contribution >= 4 is 12.1 Å². The number of piperidine rings is 1. The molecule has 6 heteroatoms. The Labute approximate surface area is 106 Å². The molecule has 0 saturated carbocycles. The summed E-state index contributed by atoms with van der Waals surface area (Å²) in [6, 6.07) is -0.884. The zero-order valence-electron chi connectivity index (χ0n) is 10.4. The molecule has 1 heterocycles. The third kappa shape index (κ3) is 5.18. The second-order valence-corrected chi connectivity index (χ2v) is 4.35. The summed E-state index contributed by atoms with van der Waals surface area (Å²) in [5.41, 5.74) is 0. The van der Waals surface area contributed by atoms with Gasteiger partial charge < -0.3 is 20.5 Å². The van der Waals surface area contributed by atoms with E-state index in [4.69, 9.17) is 9.84 Å². The van der Waals surface area contributed by atoms with Crippen molar-refractivity contribution < 1.29 is 19.4 Å². The average Bonchev–Trinajstić information content (AvgIpc) is 2.36. The lowest BCUT2D eigenvalue weighted by atomic mass is 9.91. The highest BCUT2D eigenvalue weighted by Crippen LogP contribution is 2.18. The highest BCUT2D eigenvalue weighted by atomic mass is 16.5. The lowest BCUT2D eigenvalue weighted by Gasteiger charge is -2.25. The largest absolute Gasteiger partial charge is 0.480 e. The molecule has 1 amide bonds. The van der Waals surface area contributed by atoms with Crippen molar-refractivity contribution in [2.45, 2.75) is 25.3 Å². The van der Waals surface area contributed by atoms with Gasteiger partial charge in [0.15, 0.2) is 0 Å². The van der Waals surface area contributed by atoms with Gasteiger partial charge in [0, 0.05) is 0 Å². The predicted octanol–water partition coefficient (Wildman–Crippen LogP) is 0.741. The highest BCUT2D eigenvalue weighted by molar-refractivity contribution is 5.79. The molecule has 0 radical (unpaired) electrons. The van der Waals surface area contributed by atoms with Gasteiger partial charge in [-0.2, -0.15) is 0 Å². The molecule has 1 aliphatic heterocycles. The Morgan fingerprint density at radius 1 is 1.50 bits per heavy atom. The lowest BCUT2D eigenvalue weighted by molar-refractivity contribution is -0.139. The number of carbonyl (C=O) groups is 2. The van der Waals surface area contributed by atoms with Crippen molar-refractivity contribution in [3.8, 4) is 0 Å². The monoisotopic (exact) mass is 256 g/mol. The Balaban J connectivity index is 2.40. The predicted molar refractivity (Wildman–Crippen MR) is 66.3 cm³/mol. The first-order chi connectivity index (χ1) is 8.63. The van der Waals surface area contributed by atoms with Crippen molar-refractivity contribution in [1.29, 1.82) is 0 Å². The first kappa shape index (κ1) is 14.5. The summed E-state index contributed by atoms with van der Waals surface area (Å²) in [5.74, 6) is -0.698. The van der Waals surface area contributed by atoms with Crippen LogP contribution in [0.3, 0.4) is 0 Å². The third-order valence-corrected chi connectivity index (χ3v) is 2.95. The van der Waals surface area contributed by atoms with Crippen LogP contribution >= 0.6 is 0 Å². The van der Waals surface area contributed by atoms with Crippen LogP contribution in [0.4, 0.5) is 4.79 Å². The van der Waals surface area contributed by atoms with Gasteiger partial charge in [-0.25, -0.2) is 9.59 Å². The molecule has 1 fully saturated rings. The van der Waals surface area contributed by atoms with Crippen LogP contribution in [0.25, 0.3) is 0 Å². The number of rotatable bonds is 6. The van der Waals surface area contributed by atoms with Gasteiger partial charge in [0.05, 0.1) is 0 Å². The Kier molecular flexibility index (Phi) is 6.21. The summed E-state index contributed by atoms with van der Waals surface area (Å²) in [5, 5.41) is 14.7. The zero-order valence-corrected chi connectivity index (χ0v) is 10.4. The van der Waals surface area contributed by atoms with Crippen LogP contribution in [-0.4, -0.2) is 42.9 Å². The number of hydrogen-bond donors (Lipinski definition) is 3. The van der Waals surface area contributed by atoms with Crippen molar-refractivity contribution in [2.24, 2.45) is 5.92 Å². The smallest absolute Gasteiger partial charge is 0.408 e. The van der Waals surface area contributed by atoms with Gasteiger partial charge in [0.25, 0.3) is 0 Å². The van der Waals surface area contributed by atoms with Crippen molar-refractivity contribution in [1.82, 2.24) is 10.6 Å². The summed E-state index contributed by atoms with van der Waals surface area (Å²) >= 11 is 0. The third-order valence-electron chi connectivity index (χ3n) is 2.95. The maximum absolute atomic E-state index is 11.3. The van der Waals surface area contributed by atoms with Crippen LogP contribution in [0.2, 0.25) is 0 Å². The molecule has 6 nitrogen and oxygen atoms in total. The molecule has 1 saturated heterocycles. The molecule has 0 spiro atoms. The zero-order chi connectivity index (χ0) is 13.4. The van der Waals surface area contributed by atoms with E-state index in [0.29, 0.717) is 12.3 Å². The van der Waals surface area contributed by atoms with Crippen LogP contribution in [-0.2, 0) is 9.53 Å². The van der Waals surface area contributed by atoms with Crippen LogP contribution in [0.15, 0.2) is 12.7 Å². The minimum Gasteiger partial charge on any atom is -0.480 e. The highest BCUT2D eigenvalue weighted by Gasteiger charge is 2.25. The van der Waals surface area contributed by atoms with Crippen LogP contribution in [0.1, 0.15) is 19.3 Å². The van der Waals surface area contributed by atoms with Gasteiger partial charge in [-0.1, -0.05) is 12.7 Å². The van der Waals surface area contributed by atoms with E-state index in [1.165, 1.54) is 6.08 Å². The number of carboxylic acid groups (broad SMARTS) is 1. The van der Waals surface area contributed by atoms with E-state index in [2.05, 4.69) is 17.2 Å². The molecular formula is C12H20N2O4. The number of aliphatic carboxylic acids is 1. The fourth-order valence-corrected chi connectivity index (χ4v) is 1.99. The molecule has 1 aliphatic rings. The van der Waals surface area contributed by atoms with Crippen LogP contribution in [0.5, 0.6) is 0 Å². The molecule has 3 N–H and O–H groups in total. The molecule has 0 aromatic rings. The number of carboxylic acids is 1. The molecule has 102 valence electrons. The molecule has 0 aromatic carbocycles. The topological polar surface area (TPSA) is 87.7 Å². The van der Waals surface area contributed by atoms with E-state index in [9.17, 15) is 9.59 Å². The minimum absolute atomic E-state index is 0.0749. The Morgan fingerprint density at radius 2 is 2.17 bits per heavy atom. The van der Waals surface area contributed by atoms with E-state index in [1.54, 1.807) is 0 Å². The number of amides is 1. The number of hydrogen-bond acceptors (Lipinski definition) is 4. The van der Waals surface area contributed by atoms with E-state index in [1.807, 2.05) is 0 Å². The molecule has 1 rings (SSSR count). The number of ether oxygens (including phenoxy) is 1. The van der Waals surface area contributed by atoms with E-state index < -0.39 is 18.1 Å². The van der Waals surface area contributed by atoms with Crippen LogP contribution < -0.4 is 10.6 Å². The van der Waals surface area contributed by atoms with Crippen molar-refractivity contribution in [3.63, 3.8) is 0 Å². The van der Waals surface area contributed by atoms with Crippen LogP contribution in [0, 0.1) is 5.92 Å². The molecule has 0 aromatic heterocycles. The fourth-order valence-electron chi connectivity index (χ4n) is 1.99. The Morgan fingerprint density at radius 3 is 2.72 bits per heavy atom. The minimum atomic E-state index is -1.02. The summed E-state index contributed by atoms with van der Waals surface area (Å²) in [6.45, 7) is 5.29. The van der Waals surface area contributed by atoms with Gasteiger partial charge in [0.2, 0.25) is 0 Å².